The highest BCUT2D eigenvalue weighted by molar-refractivity contribution is 5.34. The monoisotopic (exact) mass is 248 g/mol. The Morgan fingerprint density at radius 2 is 1.83 bits per heavy atom. The van der Waals surface area contributed by atoms with Crippen molar-refractivity contribution < 1.29 is 4.74 Å². The molecular formula is C13H20N4O. The molecule has 0 saturated carbocycles. The summed E-state index contributed by atoms with van der Waals surface area (Å²) in [7, 11) is 0. The average Bonchev–Trinajstić information content (AvgIpc) is 2.89. The molecule has 2 saturated heterocycles. The van der Waals surface area contributed by atoms with Gasteiger partial charge in [-0.1, -0.05) is 0 Å². The van der Waals surface area contributed by atoms with E-state index in [9.17, 15) is 0 Å². The van der Waals surface area contributed by atoms with Crippen LogP contribution >= 0.6 is 0 Å². The fraction of sp³-hybridized carbons (Fsp3) is 0.692. The number of rotatable bonds is 3. The summed E-state index contributed by atoms with van der Waals surface area (Å²) in [6.45, 7) is 8.42. The van der Waals surface area contributed by atoms with Crippen molar-refractivity contribution >= 4 is 5.95 Å². The van der Waals surface area contributed by atoms with Gasteiger partial charge in [0, 0.05) is 26.2 Å². The first-order chi connectivity index (χ1) is 8.72. The molecule has 0 amide bonds. The molecule has 1 aromatic heterocycles. The normalized spacial score (nSPS) is 26.7. The topological polar surface area (TPSA) is 50.3 Å². The highest BCUT2D eigenvalue weighted by Crippen LogP contribution is 2.28. The van der Waals surface area contributed by atoms with E-state index in [1.54, 1.807) is 12.4 Å². The Labute approximate surface area is 108 Å². The minimum absolute atomic E-state index is 0.164. The third-order valence-corrected chi connectivity index (χ3v) is 3.66. The van der Waals surface area contributed by atoms with Gasteiger partial charge in [-0.15, -0.1) is 0 Å². The molecule has 0 radical (unpaired) electrons. The molecule has 5 nitrogen and oxygen atoms in total. The van der Waals surface area contributed by atoms with E-state index in [0.717, 1.165) is 49.7 Å². The van der Waals surface area contributed by atoms with Crippen LogP contribution in [0.4, 0.5) is 5.95 Å². The predicted octanol–water partition coefficient (Wildman–Crippen LogP) is 0.919. The first kappa shape index (κ1) is 11.7. The van der Waals surface area contributed by atoms with Crippen molar-refractivity contribution in [3.63, 3.8) is 0 Å². The summed E-state index contributed by atoms with van der Waals surface area (Å²) in [6.07, 6.45) is 3.71. The summed E-state index contributed by atoms with van der Waals surface area (Å²) in [5.74, 6) is 3.11. The van der Waals surface area contributed by atoms with Gasteiger partial charge in [0.15, 0.2) is 5.75 Å². The maximum atomic E-state index is 5.55. The first-order valence-corrected chi connectivity index (χ1v) is 6.66. The molecule has 2 aliphatic rings. The molecule has 98 valence electrons. The Hall–Kier alpha value is -1.36. The highest BCUT2D eigenvalue weighted by atomic mass is 16.5. The maximum Gasteiger partial charge on any atom is 0.225 e. The van der Waals surface area contributed by atoms with Crippen LogP contribution in [0.3, 0.4) is 0 Å². The van der Waals surface area contributed by atoms with Gasteiger partial charge in [-0.2, -0.15) is 0 Å². The van der Waals surface area contributed by atoms with Crippen molar-refractivity contribution in [3.05, 3.63) is 12.4 Å². The smallest absolute Gasteiger partial charge is 0.225 e. The zero-order valence-electron chi connectivity index (χ0n) is 11.0. The van der Waals surface area contributed by atoms with Gasteiger partial charge in [-0.05, 0) is 25.7 Å². The number of hydrogen-bond donors (Lipinski definition) is 1. The van der Waals surface area contributed by atoms with Crippen molar-refractivity contribution in [1.82, 2.24) is 15.3 Å². The molecule has 0 aromatic carbocycles. The van der Waals surface area contributed by atoms with Crippen LogP contribution in [-0.2, 0) is 0 Å². The summed E-state index contributed by atoms with van der Waals surface area (Å²) >= 11 is 0. The molecule has 18 heavy (non-hydrogen) atoms. The molecule has 3 rings (SSSR count). The zero-order chi connectivity index (χ0) is 12.5. The fourth-order valence-corrected chi connectivity index (χ4v) is 2.82. The molecule has 0 bridgehead atoms. The summed E-state index contributed by atoms with van der Waals surface area (Å²) in [6, 6.07) is 0. The van der Waals surface area contributed by atoms with Gasteiger partial charge in [0.05, 0.1) is 18.5 Å². The predicted molar refractivity (Wildman–Crippen MR) is 69.9 cm³/mol. The third kappa shape index (κ3) is 2.27. The molecule has 2 aliphatic heterocycles. The molecule has 2 fully saturated rings. The van der Waals surface area contributed by atoms with Crippen molar-refractivity contribution in [2.24, 2.45) is 11.8 Å². The number of fused-ring (bicyclic) bond motifs is 1. The van der Waals surface area contributed by atoms with Crippen LogP contribution < -0.4 is 15.0 Å². The Kier molecular flexibility index (Phi) is 3.07. The lowest BCUT2D eigenvalue weighted by molar-refractivity contribution is 0.240. The number of nitrogens with one attached hydrogen (secondary N) is 1. The number of anilines is 1. The van der Waals surface area contributed by atoms with Gasteiger partial charge >= 0.3 is 0 Å². The largest absolute Gasteiger partial charge is 0.488 e. The number of nitrogens with zero attached hydrogens (tertiary/aromatic N) is 3. The summed E-state index contributed by atoms with van der Waals surface area (Å²) in [5.41, 5.74) is 0. The van der Waals surface area contributed by atoms with Crippen molar-refractivity contribution in [2.75, 3.05) is 31.1 Å². The van der Waals surface area contributed by atoms with Crippen LogP contribution in [0.2, 0.25) is 0 Å². The second-order valence-electron chi connectivity index (χ2n) is 5.47. The standard InChI is InChI=1S/C13H20N4O/c1-9(2)18-12-5-15-13(16-6-12)17-7-10-3-14-4-11(10)8-17/h5-6,9-11,14H,3-4,7-8H2,1-2H3/t10-,11-/m0/s1. The number of ether oxygens (including phenoxy) is 1. The van der Waals surface area contributed by atoms with E-state index < -0.39 is 0 Å². The van der Waals surface area contributed by atoms with E-state index in [4.69, 9.17) is 4.74 Å². The maximum absolute atomic E-state index is 5.55. The van der Waals surface area contributed by atoms with E-state index in [2.05, 4.69) is 20.2 Å². The highest BCUT2D eigenvalue weighted by Gasteiger charge is 2.36. The molecule has 0 aliphatic carbocycles. The lowest BCUT2D eigenvalue weighted by atomic mass is 10.0. The van der Waals surface area contributed by atoms with Crippen LogP contribution in [0, 0.1) is 11.8 Å². The number of aromatic nitrogens is 2. The van der Waals surface area contributed by atoms with Gasteiger partial charge < -0.3 is 15.0 Å². The zero-order valence-corrected chi connectivity index (χ0v) is 11.0. The first-order valence-electron chi connectivity index (χ1n) is 6.66. The van der Waals surface area contributed by atoms with Crippen LogP contribution in [0.25, 0.3) is 0 Å². The van der Waals surface area contributed by atoms with Crippen LogP contribution in [0.15, 0.2) is 12.4 Å². The van der Waals surface area contributed by atoms with Gasteiger partial charge in [0.1, 0.15) is 0 Å². The third-order valence-electron chi connectivity index (χ3n) is 3.66. The van der Waals surface area contributed by atoms with Gasteiger partial charge in [-0.3, -0.25) is 0 Å². The van der Waals surface area contributed by atoms with Gasteiger partial charge in [0.2, 0.25) is 5.95 Å². The summed E-state index contributed by atoms with van der Waals surface area (Å²) in [5, 5.41) is 3.44. The fourth-order valence-electron chi connectivity index (χ4n) is 2.82. The van der Waals surface area contributed by atoms with Crippen LogP contribution in [0.5, 0.6) is 5.75 Å². The molecule has 1 N–H and O–H groups in total. The molecule has 0 spiro atoms. The molecule has 1 aromatic rings. The molecular weight excluding hydrogens is 228 g/mol. The minimum Gasteiger partial charge on any atom is -0.488 e. The Morgan fingerprint density at radius 3 is 2.39 bits per heavy atom. The van der Waals surface area contributed by atoms with E-state index in [1.165, 1.54) is 0 Å². The quantitative estimate of drug-likeness (QED) is 0.862. The van der Waals surface area contributed by atoms with Crippen LogP contribution in [-0.4, -0.2) is 42.3 Å². The molecule has 5 heteroatoms. The van der Waals surface area contributed by atoms with Crippen molar-refractivity contribution in [3.8, 4) is 5.75 Å². The van der Waals surface area contributed by atoms with E-state index in [0.29, 0.717) is 0 Å². The molecule has 2 atom stereocenters. The Morgan fingerprint density at radius 1 is 1.22 bits per heavy atom. The second-order valence-corrected chi connectivity index (χ2v) is 5.47. The molecule has 3 heterocycles. The van der Waals surface area contributed by atoms with Crippen LogP contribution in [0.1, 0.15) is 13.8 Å². The summed E-state index contributed by atoms with van der Waals surface area (Å²) < 4.78 is 5.55. The Bertz CT molecular complexity index is 394. The SMILES string of the molecule is CC(C)Oc1cnc(N2C[C@@H]3CNC[C@H]3C2)nc1. The van der Waals surface area contributed by atoms with Gasteiger partial charge in [0.25, 0.3) is 0 Å². The van der Waals surface area contributed by atoms with E-state index in [-0.39, 0.29) is 6.10 Å². The van der Waals surface area contributed by atoms with E-state index >= 15 is 0 Å². The van der Waals surface area contributed by atoms with Gasteiger partial charge in [-0.25, -0.2) is 9.97 Å². The van der Waals surface area contributed by atoms with Crippen molar-refractivity contribution in [1.29, 1.82) is 0 Å². The Balaban J connectivity index is 1.66. The lowest BCUT2D eigenvalue weighted by Crippen LogP contribution is -2.26. The summed E-state index contributed by atoms with van der Waals surface area (Å²) in [4.78, 5) is 11.1. The second kappa shape index (κ2) is 4.72. The van der Waals surface area contributed by atoms with E-state index in [1.807, 2.05) is 13.8 Å². The molecule has 0 unspecified atom stereocenters. The minimum atomic E-state index is 0.164. The number of hydrogen-bond acceptors (Lipinski definition) is 5. The lowest BCUT2D eigenvalue weighted by Gasteiger charge is -2.17. The van der Waals surface area contributed by atoms with Crippen molar-refractivity contribution in [2.45, 2.75) is 20.0 Å². The average molecular weight is 248 g/mol.